The Morgan fingerprint density at radius 2 is 1.83 bits per heavy atom. The highest BCUT2D eigenvalue weighted by molar-refractivity contribution is 4.80. The van der Waals surface area contributed by atoms with Gasteiger partial charge < -0.3 is 5.73 Å². The van der Waals surface area contributed by atoms with Gasteiger partial charge in [-0.1, -0.05) is 25.3 Å². The topological polar surface area (TPSA) is 26.0 Å². The zero-order valence-corrected chi connectivity index (χ0v) is 7.97. The summed E-state index contributed by atoms with van der Waals surface area (Å²) in [6.45, 7) is 4.69. The van der Waals surface area contributed by atoms with Crippen molar-refractivity contribution in [2.45, 2.75) is 38.5 Å². The maximum Gasteiger partial charge on any atom is -0.00461 e. The highest BCUT2D eigenvalue weighted by Crippen LogP contribution is 2.30. The molecule has 0 amide bonds. The van der Waals surface area contributed by atoms with E-state index in [1.165, 1.54) is 38.5 Å². The molecule has 0 saturated heterocycles. The molecule has 0 bridgehead atoms. The van der Waals surface area contributed by atoms with Crippen LogP contribution in [0.1, 0.15) is 38.5 Å². The number of allylic oxidation sites excluding steroid dienone is 1. The minimum absolute atomic E-state index is 0.769. The molecule has 0 aromatic heterocycles. The SMILES string of the molecule is C=CCC1CCCCCC1CN. The van der Waals surface area contributed by atoms with E-state index in [0.717, 1.165) is 18.4 Å². The Balaban J connectivity index is 2.44. The molecule has 0 aliphatic heterocycles. The summed E-state index contributed by atoms with van der Waals surface area (Å²) >= 11 is 0. The number of hydrogen-bond donors (Lipinski definition) is 1. The molecule has 0 aromatic rings. The zero-order valence-electron chi connectivity index (χ0n) is 7.97. The van der Waals surface area contributed by atoms with Crippen molar-refractivity contribution in [1.29, 1.82) is 0 Å². The third-order valence-corrected chi connectivity index (χ3v) is 3.09. The van der Waals surface area contributed by atoms with Crippen LogP contribution in [-0.2, 0) is 0 Å². The molecule has 1 saturated carbocycles. The predicted molar refractivity (Wildman–Crippen MR) is 53.9 cm³/mol. The van der Waals surface area contributed by atoms with Crippen molar-refractivity contribution in [1.82, 2.24) is 0 Å². The van der Waals surface area contributed by atoms with Crippen LogP contribution in [0.5, 0.6) is 0 Å². The molecule has 1 aliphatic rings. The molecule has 0 heterocycles. The van der Waals surface area contributed by atoms with E-state index in [9.17, 15) is 0 Å². The Morgan fingerprint density at radius 3 is 2.42 bits per heavy atom. The van der Waals surface area contributed by atoms with Crippen molar-refractivity contribution in [2.24, 2.45) is 17.6 Å². The van der Waals surface area contributed by atoms with Gasteiger partial charge in [0.1, 0.15) is 0 Å². The van der Waals surface area contributed by atoms with Crippen molar-refractivity contribution in [2.75, 3.05) is 6.54 Å². The molecular weight excluding hydrogens is 146 g/mol. The van der Waals surface area contributed by atoms with Gasteiger partial charge in [-0.25, -0.2) is 0 Å². The quantitative estimate of drug-likeness (QED) is 0.507. The molecule has 70 valence electrons. The first-order valence-corrected chi connectivity index (χ1v) is 5.19. The Kier molecular flexibility index (Phi) is 4.37. The molecular formula is C11H21N. The molecule has 2 atom stereocenters. The van der Waals surface area contributed by atoms with Crippen molar-refractivity contribution in [3.63, 3.8) is 0 Å². The third-order valence-electron chi connectivity index (χ3n) is 3.09. The lowest BCUT2D eigenvalue weighted by atomic mass is 9.85. The highest BCUT2D eigenvalue weighted by Gasteiger charge is 2.20. The van der Waals surface area contributed by atoms with Crippen molar-refractivity contribution in [3.8, 4) is 0 Å². The van der Waals surface area contributed by atoms with Gasteiger partial charge in [0.05, 0.1) is 0 Å². The van der Waals surface area contributed by atoms with Gasteiger partial charge in [0, 0.05) is 0 Å². The standard InChI is InChI=1S/C11H21N/c1-2-6-10-7-4-3-5-8-11(10)9-12/h2,10-11H,1,3-9,12H2. The van der Waals surface area contributed by atoms with Crippen LogP contribution in [0.3, 0.4) is 0 Å². The lowest BCUT2D eigenvalue weighted by Crippen LogP contribution is -2.22. The fourth-order valence-electron chi connectivity index (χ4n) is 2.30. The van der Waals surface area contributed by atoms with Crippen molar-refractivity contribution >= 4 is 0 Å². The minimum atomic E-state index is 0.769. The van der Waals surface area contributed by atoms with E-state index in [1.807, 2.05) is 0 Å². The monoisotopic (exact) mass is 167 g/mol. The van der Waals surface area contributed by atoms with Gasteiger partial charge in [-0.2, -0.15) is 0 Å². The summed E-state index contributed by atoms with van der Waals surface area (Å²) in [5.41, 5.74) is 5.76. The Labute approximate surface area is 76.0 Å². The smallest absolute Gasteiger partial charge is 0.00461 e. The zero-order chi connectivity index (χ0) is 8.81. The van der Waals surface area contributed by atoms with E-state index in [4.69, 9.17) is 5.73 Å². The predicted octanol–water partition coefficient (Wildman–Crippen LogP) is 2.72. The van der Waals surface area contributed by atoms with Crippen molar-refractivity contribution < 1.29 is 0 Å². The van der Waals surface area contributed by atoms with Gasteiger partial charge in [0.15, 0.2) is 0 Å². The molecule has 1 rings (SSSR count). The maximum absolute atomic E-state index is 5.76. The molecule has 2 N–H and O–H groups in total. The fourth-order valence-corrected chi connectivity index (χ4v) is 2.30. The van der Waals surface area contributed by atoms with E-state index in [1.54, 1.807) is 0 Å². The highest BCUT2D eigenvalue weighted by atomic mass is 14.6. The fraction of sp³-hybridized carbons (Fsp3) is 0.818. The first kappa shape index (κ1) is 9.79. The summed E-state index contributed by atoms with van der Waals surface area (Å²) in [6.07, 6.45) is 10.1. The van der Waals surface area contributed by atoms with Gasteiger partial charge in [-0.3, -0.25) is 0 Å². The Bertz CT molecular complexity index is 131. The summed E-state index contributed by atoms with van der Waals surface area (Å²) in [5, 5.41) is 0. The molecule has 1 heteroatoms. The first-order chi connectivity index (χ1) is 5.88. The Morgan fingerprint density at radius 1 is 1.17 bits per heavy atom. The molecule has 0 spiro atoms. The molecule has 1 fully saturated rings. The lowest BCUT2D eigenvalue weighted by molar-refractivity contribution is 0.323. The van der Waals surface area contributed by atoms with Crippen LogP contribution < -0.4 is 5.73 Å². The maximum atomic E-state index is 5.76. The van der Waals surface area contributed by atoms with Gasteiger partial charge in [0.25, 0.3) is 0 Å². The largest absolute Gasteiger partial charge is 0.330 e. The normalized spacial score (nSPS) is 31.1. The lowest BCUT2D eigenvalue weighted by Gasteiger charge is -2.22. The molecule has 2 unspecified atom stereocenters. The van der Waals surface area contributed by atoms with Crippen LogP contribution >= 0.6 is 0 Å². The molecule has 12 heavy (non-hydrogen) atoms. The van der Waals surface area contributed by atoms with Gasteiger partial charge >= 0.3 is 0 Å². The van der Waals surface area contributed by atoms with E-state index in [2.05, 4.69) is 12.7 Å². The molecule has 1 nitrogen and oxygen atoms in total. The van der Waals surface area contributed by atoms with Crippen molar-refractivity contribution in [3.05, 3.63) is 12.7 Å². The minimum Gasteiger partial charge on any atom is -0.330 e. The second kappa shape index (κ2) is 5.36. The van der Waals surface area contributed by atoms with Crippen LogP contribution in [0.15, 0.2) is 12.7 Å². The van der Waals surface area contributed by atoms with Gasteiger partial charge in [-0.05, 0) is 37.6 Å². The summed E-state index contributed by atoms with van der Waals surface area (Å²) in [6, 6.07) is 0. The van der Waals surface area contributed by atoms with Crippen LogP contribution in [0.25, 0.3) is 0 Å². The average Bonchev–Trinajstić information content (AvgIpc) is 2.30. The van der Waals surface area contributed by atoms with Crippen LogP contribution in [-0.4, -0.2) is 6.54 Å². The van der Waals surface area contributed by atoms with E-state index in [-0.39, 0.29) is 0 Å². The van der Waals surface area contributed by atoms with Crippen LogP contribution in [0.4, 0.5) is 0 Å². The molecule has 0 aromatic carbocycles. The summed E-state index contributed by atoms with van der Waals surface area (Å²) in [5.74, 6) is 1.60. The van der Waals surface area contributed by atoms with Crippen LogP contribution in [0.2, 0.25) is 0 Å². The average molecular weight is 167 g/mol. The summed E-state index contributed by atoms with van der Waals surface area (Å²) in [4.78, 5) is 0. The number of hydrogen-bond acceptors (Lipinski definition) is 1. The molecule has 1 aliphatic carbocycles. The van der Waals surface area contributed by atoms with Crippen LogP contribution in [0, 0.1) is 11.8 Å². The second-order valence-corrected chi connectivity index (χ2v) is 3.92. The summed E-state index contributed by atoms with van der Waals surface area (Å²) < 4.78 is 0. The van der Waals surface area contributed by atoms with E-state index < -0.39 is 0 Å². The van der Waals surface area contributed by atoms with E-state index in [0.29, 0.717) is 0 Å². The summed E-state index contributed by atoms with van der Waals surface area (Å²) in [7, 11) is 0. The van der Waals surface area contributed by atoms with Gasteiger partial charge in [-0.15, -0.1) is 6.58 Å². The second-order valence-electron chi connectivity index (χ2n) is 3.92. The first-order valence-electron chi connectivity index (χ1n) is 5.19. The van der Waals surface area contributed by atoms with Gasteiger partial charge in [0.2, 0.25) is 0 Å². The number of nitrogens with two attached hydrogens (primary N) is 1. The third kappa shape index (κ3) is 2.63. The Hall–Kier alpha value is -0.300. The van der Waals surface area contributed by atoms with E-state index >= 15 is 0 Å². The number of rotatable bonds is 3. The molecule has 0 radical (unpaired) electrons.